The lowest BCUT2D eigenvalue weighted by molar-refractivity contribution is -0.156. The van der Waals surface area contributed by atoms with Crippen molar-refractivity contribution in [2.75, 3.05) is 39.3 Å². The van der Waals surface area contributed by atoms with Gasteiger partial charge in [-0.3, -0.25) is 28.8 Å². The third-order valence-electron chi connectivity index (χ3n) is 16.7. The summed E-state index contributed by atoms with van der Waals surface area (Å²) in [4.78, 5) is 90.0. The van der Waals surface area contributed by atoms with Crippen molar-refractivity contribution in [2.24, 2.45) is 5.73 Å². The van der Waals surface area contributed by atoms with Gasteiger partial charge in [0.05, 0.1) is 31.0 Å². The summed E-state index contributed by atoms with van der Waals surface area (Å²) in [6.07, 6.45) is 7.62. The number of rotatable bonds is 21. The van der Waals surface area contributed by atoms with Crippen molar-refractivity contribution in [1.29, 1.82) is 0 Å². The first-order valence-electron chi connectivity index (χ1n) is 33.5. The van der Waals surface area contributed by atoms with Gasteiger partial charge in [0.2, 0.25) is 11.8 Å². The molecule has 0 radical (unpaired) electrons. The zero-order valence-corrected chi connectivity index (χ0v) is 56.5. The Labute approximate surface area is 560 Å². The summed E-state index contributed by atoms with van der Waals surface area (Å²) in [5.41, 5.74) is 16.0. The highest BCUT2D eigenvalue weighted by molar-refractivity contribution is 5.94. The number of hydrogen-bond acceptors (Lipinski definition) is 15. The fourth-order valence-electron chi connectivity index (χ4n) is 12.0. The Hall–Kier alpha value is -8.71. The van der Waals surface area contributed by atoms with Crippen LogP contribution in [0.4, 0.5) is 4.79 Å². The minimum Gasteiger partial charge on any atom is -0.508 e. The van der Waals surface area contributed by atoms with Gasteiger partial charge in [-0.15, -0.1) is 0 Å². The molecule has 6 aromatic carbocycles. The molecular formula is C77H98N6O12. The fraction of sp³-hybridized carbons (Fsp3) is 0.442. The first kappa shape index (κ1) is 73.7. The lowest BCUT2D eigenvalue weighted by Crippen LogP contribution is -2.51. The van der Waals surface area contributed by atoms with Gasteiger partial charge in [-0.2, -0.15) is 0 Å². The number of carbonyl (C=O) groups is 7. The summed E-state index contributed by atoms with van der Waals surface area (Å²) in [5, 5.41) is 30.1. The lowest BCUT2D eigenvalue weighted by Gasteiger charge is -2.29. The highest BCUT2D eigenvalue weighted by atomic mass is 16.6. The Balaban J connectivity index is 0.000000206. The van der Waals surface area contributed by atoms with Gasteiger partial charge in [0.15, 0.2) is 11.6 Å². The van der Waals surface area contributed by atoms with E-state index in [1.165, 1.54) is 132 Å². The molecule has 2 heterocycles. The quantitative estimate of drug-likeness (QED) is 0.0261. The second-order valence-corrected chi connectivity index (χ2v) is 26.8. The Kier molecular flexibility index (Phi) is 27.7. The number of phenols is 2. The Bertz CT molecular complexity index is 3410. The molecule has 0 unspecified atom stereocenters. The Morgan fingerprint density at radius 3 is 1.25 bits per heavy atom. The van der Waals surface area contributed by atoms with Crippen molar-refractivity contribution in [3.8, 4) is 33.8 Å². The van der Waals surface area contributed by atoms with Crippen molar-refractivity contribution in [1.82, 2.24) is 26.2 Å². The zero-order chi connectivity index (χ0) is 68.7. The van der Waals surface area contributed by atoms with Gasteiger partial charge < -0.3 is 56.3 Å². The van der Waals surface area contributed by atoms with E-state index in [0.717, 1.165) is 27.8 Å². The maximum Gasteiger partial charge on any atom is 0.407 e. The molecule has 2 aliphatic carbocycles. The summed E-state index contributed by atoms with van der Waals surface area (Å²) < 4.78 is 16.0. The number of alkyl carbamates (subject to hydrolysis) is 1. The average Bonchev–Trinajstić information content (AvgIpc) is 1.63. The largest absolute Gasteiger partial charge is 0.508 e. The van der Waals surface area contributed by atoms with E-state index in [4.69, 9.17) is 19.9 Å². The first-order chi connectivity index (χ1) is 45.3. The minimum absolute atomic E-state index is 0.0447. The van der Waals surface area contributed by atoms with Gasteiger partial charge in [0.25, 0.3) is 0 Å². The molecule has 95 heavy (non-hydrogen) atoms. The van der Waals surface area contributed by atoms with Gasteiger partial charge in [0, 0.05) is 31.2 Å². The maximum atomic E-state index is 13.1. The number of phenolic OH excluding ortho intramolecular Hbond substituents is 2. The standard InChI is InChI=1S/C34H38N2O7.C19H28N2O5.C19H21N.C5H11N/c1-21(35-33(41)42-20-28-26-11-7-5-9-24(26)25-10-6-8-12-27(25)28)32(40)36-29(19-22-13-15-23(37)16-14-22)30(38)17-18-31(39)43-34(2,3)4;1-12(20)18(25)21-15(11-13-5-7-14(22)8-6-13)16(23)9-10-17(24)26-19(2,3)4;1-6-12-20(13-7-1)14-19-17-10-4-2-8-15(17)16-9-3-5-11-18(16)19;1-2-4-6-5-3-1/h5-16,21,28-29,37H,17-20H2,1-4H3,(H,35,41)(H,36,40);5-8,12,15,22H,9-11,20H2,1-4H3,(H,21,25);2-5,8-11,19H,1,6-7,12-14H2;6H,1-5H2/t21-,29-;12-,15-;;/m00../s1. The second kappa shape index (κ2) is 35.7. The number of fused-ring (bicyclic) bond motifs is 6. The minimum atomic E-state index is -1.00. The smallest absolute Gasteiger partial charge is 0.407 e. The van der Waals surface area contributed by atoms with Crippen molar-refractivity contribution in [3.63, 3.8) is 0 Å². The molecule has 4 aliphatic rings. The number of likely N-dealkylation sites (tertiary alicyclic amines) is 1. The Morgan fingerprint density at radius 2 is 0.884 bits per heavy atom. The molecule has 10 rings (SSSR count). The molecule has 0 saturated carbocycles. The molecule has 508 valence electrons. The summed E-state index contributed by atoms with van der Waals surface area (Å²) in [6, 6.07) is 43.0. The van der Waals surface area contributed by atoms with Crippen molar-refractivity contribution < 1.29 is 58.0 Å². The molecular weight excluding hydrogens is 1200 g/mol. The first-order valence-corrected chi connectivity index (χ1v) is 33.5. The molecule has 2 saturated heterocycles. The van der Waals surface area contributed by atoms with Crippen LogP contribution >= 0.6 is 0 Å². The normalized spacial score (nSPS) is 15.4. The van der Waals surface area contributed by atoms with Gasteiger partial charge in [-0.05, 0) is 200 Å². The molecule has 2 fully saturated rings. The van der Waals surface area contributed by atoms with E-state index in [-0.39, 0.29) is 74.1 Å². The number of nitrogens with one attached hydrogen (secondary N) is 4. The van der Waals surface area contributed by atoms with Crippen LogP contribution in [0.3, 0.4) is 0 Å². The Morgan fingerprint density at radius 1 is 0.505 bits per heavy atom. The van der Waals surface area contributed by atoms with Crippen molar-refractivity contribution in [2.45, 2.75) is 180 Å². The molecule has 8 N–H and O–H groups in total. The van der Waals surface area contributed by atoms with Crippen LogP contribution in [0.2, 0.25) is 0 Å². The molecule has 0 spiro atoms. The van der Waals surface area contributed by atoms with E-state index in [2.05, 4.69) is 74.7 Å². The van der Waals surface area contributed by atoms with E-state index >= 15 is 0 Å². The molecule has 18 heteroatoms. The highest BCUT2D eigenvalue weighted by Gasteiger charge is 2.33. The highest BCUT2D eigenvalue weighted by Crippen LogP contribution is 2.46. The number of ether oxygens (including phenoxy) is 3. The number of hydrogen-bond donors (Lipinski definition) is 7. The van der Waals surface area contributed by atoms with E-state index in [1.807, 2.05) is 48.5 Å². The topological polar surface area (TPSA) is 265 Å². The van der Waals surface area contributed by atoms with Crippen LogP contribution < -0.4 is 27.0 Å². The number of ketones is 2. The van der Waals surface area contributed by atoms with Crippen LogP contribution in [0.1, 0.15) is 165 Å². The van der Waals surface area contributed by atoms with E-state index in [9.17, 15) is 43.8 Å². The average molecular weight is 1300 g/mol. The number of aromatic hydroxyl groups is 2. The molecule has 6 aromatic rings. The van der Waals surface area contributed by atoms with E-state index in [0.29, 0.717) is 11.5 Å². The molecule has 2 aliphatic heterocycles. The molecule has 0 aromatic heterocycles. The van der Waals surface area contributed by atoms with Crippen LogP contribution in [0.25, 0.3) is 22.3 Å². The van der Waals surface area contributed by atoms with Gasteiger partial charge in [0.1, 0.15) is 35.3 Å². The number of carbonyl (C=O) groups excluding carboxylic acids is 7. The van der Waals surface area contributed by atoms with Crippen LogP contribution in [0.5, 0.6) is 11.5 Å². The van der Waals surface area contributed by atoms with Gasteiger partial charge in [-0.25, -0.2) is 4.79 Å². The number of esters is 2. The molecule has 0 bridgehead atoms. The number of Topliss-reactive ketones (excluding diaryl/α,β-unsaturated/α-hetero) is 2. The monoisotopic (exact) mass is 1300 g/mol. The summed E-state index contributed by atoms with van der Waals surface area (Å²) >= 11 is 0. The SMILES string of the molecule is C1CCNCC1.C[C@H](N)C(=O)N[C@@H](Cc1ccc(O)cc1)C(=O)CCC(=O)OC(C)(C)C.C[C@H](NC(=O)OCC1c2ccccc2-c2ccccc21)C(=O)N[C@@H](Cc1ccc(O)cc1)C(=O)CCC(=O)OC(C)(C)C.c1ccc2c(c1)-c1ccccc1C2CN1CCCCC1. The fourth-order valence-corrected chi connectivity index (χ4v) is 12.0. The number of piperidine rings is 2. The van der Waals surface area contributed by atoms with Gasteiger partial charge >= 0.3 is 18.0 Å². The van der Waals surface area contributed by atoms with E-state index in [1.54, 1.807) is 65.8 Å². The van der Waals surface area contributed by atoms with E-state index < -0.39 is 65.2 Å². The van der Waals surface area contributed by atoms with Crippen LogP contribution in [-0.2, 0) is 55.8 Å². The van der Waals surface area contributed by atoms with Crippen molar-refractivity contribution in [3.05, 3.63) is 179 Å². The second-order valence-electron chi connectivity index (χ2n) is 26.8. The predicted molar refractivity (Wildman–Crippen MR) is 370 cm³/mol. The number of nitrogens with two attached hydrogens (primary N) is 1. The zero-order valence-electron chi connectivity index (χ0n) is 56.5. The van der Waals surface area contributed by atoms with Crippen LogP contribution in [0.15, 0.2) is 146 Å². The molecule has 4 atom stereocenters. The predicted octanol–water partition coefficient (Wildman–Crippen LogP) is 11.5. The third-order valence-corrected chi connectivity index (χ3v) is 16.7. The summed E-state index contributed by atoms with van der Waals surface area (Å²) in [6.45, 7) is 19.9. The summed E-state index contributed by atoms with van der Waals surface area (Å²) in [5.74, 6) is -2.02. The molecule has 18 nitrogen and oxygen atoms in total. The number of amides is 3. The number of nitrogens with zero attached hydrogens (tertiary/aromatic N) is 1. The van der Waals surface area contributed by atoms with Crippen LogP contribution in [-0.4, -0.2) is 131 Å². The number of benzene rings is 6. The molecule has 3 amide bonds. The van der Waals surface area contributed by atoms with Crippen LogP contribution in [0, 0.1) is 0 Å². The van der Waals surface area contributed by atoms with Crippen molar-refractivity contribution >= 4 is 41.4 Å². The summed E-state index contributed by atoms with van der Waals surface area (Å²) in [7, 11) is 0. The maximum absolute atomic E-state index is 13.1. The van der Waals surface area contributed by atoms with Gasteiger partial charge in [-0.1, -0.05) is 134 Å². The third kappa shape index (κ3) is 23.6. The lowest BCUT2D eigenvalue weighted by atomic mass is 9.95.